The fourth-order valence-corrected chi connectivity index (χ4v) is 4.07. The van der Waals surface area contributed by atoms with Gasteiger partial charge in [-0.1, -0.05) is 19.8 Å². The molecular formula is C14H19BrFNO2S. The molecule has 1 aromatic carbocycles. The van der Waals surface area contributed by atoms with Gasteiger partial charge in [0.25, 0.3) is 0 Å². The zero-order valence-electron chi connectivity index (χ0n) is 11.4. The van der Waals surface area contributed by atoms with Crippen molar-refractivity contribution in [2.45, 2.75) is 37.5 Å². The summed E-state index contributed by atoms with van der Waals surface area (Å²) >= 11 is 3.01. The Labute approximate surface area is 128 Å². The number of rotatable bonds is 4. The van der Waals surface area contributed by atoms with Gasteiger partial charge in [-0.05, 0) is 58.8 Å². The van der Waals surface area contributed by atoms with Gasteiger partial charge in [-0.3, -0.25) is 0 Å². The average molecular weight is 364 g/mol. The predicted octanol–water partition coefficient (Wildman–Crippen LogP) is 3.69. The molecule has 1 saturated carbocycles. The third-order valence-electron chi connectivity index (χ3n) is 3.81. The molecule has 0 saturated heterocycles. The van der Waals surface area contributed by atoms with Crippen molar-refractivity contribution >= 4 is 26.0 Å². The van der Waals surface area contributed by atoms with E-state index in [-0.39, 0.29) is 9.37 Å². The SMILES string of the molecule is CC1CCCC(CNS(=O)(=O)c2ccc(Br)c(F)c2)C1. The molecule has 2 atom stereocenters. The second-order valence-electron chi connectivity index (χ2n) is 5.57. The van der Waals surface area contributed by atoms with E-state index in [1.165, 1.54) is 18.6 Å². The van der Waals surface area contributed by atoms with Crippen LogP contribution in [0.1, 0.15) is 32.6 Å². The number of hydrogen-bond donors (Lipinski definition) is 1. The van der Waals surface area contributed by atoms with E-state index < -0.39 is 15.8 Å². The Morgan fingerprint density at radius 1 is 1.40 bits per heavy atom. The Bertz CT molecular complexity index is 577. The minimum absolute atomic E-state index is 0.0259. The Hall–Kier alpha value is -0.460. The summed E-state index contributed by atoms with van der Waals surface area (Å²) in [5.74, 6) is 0.469. The fraction of sp³-hybridized carbons (Fsp3) is 0.571. The summed E-state index contributed by atoms with van der Waals surface area (Å²) < 4.78 is 40.5. The minimum Gasteiger partial charge on any atom is -0.211 e. The Morgan fingerprint density at radius 3 is 2.80 bits per heavy atom. The van der Waals surface area contributed by atoms with Gasteiger partial charge in [0.1, 0.15) is 5.82 Å². The van der Waals surface area contributed by atoms with E-state index in [1.807, 2.05) is 0 Å². The van der Waals surface area contributed by atoms with Crippen molar-refractivity contribution in [1.82, 2.24) is 4.72 Å². The molecule has 0 radical (unpaired) electrons. The van der Waals surface area contributed by atoms with E-state index in [4.69, 9.17) is 0 Å². The lowest BCUT2D eigenvalue weighted by atomic mass is 9.83. The van der Waals surface area contributed by atoms with Gasteiger partial charge in [0.05, 0.1) is 9.37 Å². The van der Waals surface area contributed by atoms with Crippen LogP contribution < -0.4 is 4.72 Å². The van der Waals surface area contributed by atoms with Crippen LogP contribution in [0, 0.1) is 17.7 Å². The maximum absolute atomic E-state index is 13.4. The summed E-state index contributed by atoms with van der Waals surface area (Å²) in [4.78, 5) is -0.0259. The van der Waals surface area contributed by atoms with E-state index in [9.17, 15) is 12.8 Å². The normalized spacial score (nSPS) is 23.8. The van der Waals surface area contributed by atoms with Gasteiger partial charge in [0, 0.05) is 6.54 Å². The molecule has 1 fully saturated rings. The summed E-state index contributed by atoms with van der Waals surface area (Å²) in [6, 6.07) is 3.85. The van der Waals surface area contributed by atoms with Crippen LogP contribution in [0.2, 0.25) is 0 Å². The first-order valence-corrected chi connectivity index (χ1v) is 9.11. The van der Waals surface area contributed by atoms with E-state index in [0.29, 0.717) is 18.4 Å². The first-order chi connectivity index (χ1) is 9.38. The zero-order chi connectivity index (χ0) is 14.8. The largest absolute Gasteiger partial charge is 0.240 e. The third-order valence-corrected chi connectivity index (χ3v) is 5.87. The van der Waals surface area contributed by atoms with Crippen molar-refractivity contribution < 1.29 is 12.8 Å². The molecule has 0 heterocycles. The molecule has 0 aliphatic heterocycles. The fourth-order valence-electron chi connectivity index (χ4n) is 2.70. The lowest BCUT2D eigenvalue weighted by Gasteiger charge is -2.26. The maximum atomic E-state index is 13.4. The second kappa shape index (κ2) is 6.54. The monoisotopic (exact) mass is 363 g/mol. The van der Waals surface area contributed by atoms with Gasteiger partial charge in [0.15, 0.2) is 0 Å². The summed E-state index contributed by atoms with van der Waals surface area (Å²) in [5.41, 5.74) is 0. The molecular weight excluding hydrogens is 345 g/mol. The molecule has 20 heavy (non-hydrogen) atoms. The number of hydrogen-bond acceptors (Lipinski definition) is 2. The van der Waals surface area contributed by atoms with Crippen molar-refractivity contribution in [3.8, 4) is 0 Å². The highest BCUT2D eigenvalue weighted by molar-refractivity contribution is 9.10. The van der Waals surface area contributed by atoms with Gasteiger partial charge in [-0.2, -0.15) is 0 Å². The molecule has 3 nitrogen and oxygen atoms in total. The van der Waals surface area contributed by atoms with Crippen molar-refractivity contribution in [1.29, 1.82) is 0 Å². The molecule has 0 amide bonds. The van der Waals surface area contributed by atoms with Crippen LogP contribution in [0.4, 0.5) is 4.39 Å². The molecule has 1 aromatic rings. The van der Waals surface area contributed by atoms with Crippen molar-refractivity contribution in [2.75, 3.05) is 6.54 Å². The standard InChI is InChI=1S/C14H19BrFNO2S/c1-10-3-2-4-11(7-10)9-17-20(18,19)12-5-6-13(15)14(16)8-12/h5-6,8,10-11,17H,2-4,7,9H2,1H3. The molecule has 0 spiro atoms. The van der Waals surface area contributed by atoms with Crippen LogP contribution in [0.3, 0.4) is 0 Å². The summed E-state index contributed by atoms with van der Waals surface area (Å²) in [7, 11) is -3.63. The molecule has 112 valence electrons. The Kier molecular flexibility index (Phi) is 5.20. The molecule has 1 aliphatic carbocycles. The average Bonchev–Trinajstić information content (AvgIpc) is 2.40. The number of sulfonamides is 1. The van der Waals surface area contributed by atoms with Gasteiger partial charge in [-0.15, -0.1) is 0 Å². The predicted molar refractivity (Wildman–Crippen MR) is 80.4 cm³/mol. The quantitative estimate of drug-likeness (QED) is 0.886. The van der Waals surface area contributed by atoms with Crippen molar-refractivity contribution in [3.63, 3.8) is 0 Å². The lowest BCUT2D eigenvalue weighted by molar-refractivity contribution is 0.283. The lowest BCUT2D eigenvalue weighted by Crippen LogP contribution is -2.31. The molecule has 2 unspecified atom stereocenters. The van der Waals surface area contributed by atoms with Crippen LogP contribution in [-0.2, 0) is 10.0 Å². The highest BCUT2D eigenvalue weighted by atomic mass is 79.9. The number of nitrogens with one attached hydrogen (secondary N) is 1. The Balaban J connectivity index is 2.01. The van der Waals surface area contributed by atoms with Crippen LogP contribution in [0.25, 0.3) is 0 Å². The summed E-state index contributed by atoms with van der Waals surface area (Å²) in [5, 5.41) is 0. The van der Waals surface area contributed by atoms with Crippen LogP contribution in [0.5, 0.6) is 0 Å². The van der Waals surface area contributed by atoms with E-state index >= 15 is 0 Å². The maximum Gasteiger partial charge on any atom is 0.240 e. The van der Waals surface area contributed by atoms with E-state index in [1.54, 1.807) is 0 Å². The smallest absolute Gasteiger partial charge is 0.211 e. The number of halogens is 2. The first-order valence-electron chi connectivity index (χ1n) is 6.83. The molecule has 2 rings (SSSR count). The van der Waals surface area contributed by atoms with Gasteiger partial charge in [-0.25, -0.2) is 17.5 Å². The number of benzene rings is 1. The van der Waals surface area contributed by atoms with Crippen molar-refractivity contribution in [2.24, 2.45) is 11.8 Å². The van der Waals surface area contributed by atoms with Crippen molar-refractivity contribution in [3.05, 3.63) is 28.5 Å². The highest BCUT2D eigenvalue weighted by Crippen LogP contribution is 2.28. The van der Waals surface area contributed by atoms with Gasteiger partial charge in [0.2, 0.25) is 10.0 Å². The van der Waals surface area contributed by atoms with Crippen LogP contribution >= 0.6 is 15.9 Å². The van der Waals surface area contributed by atoms with Gasteiger partial charge >= 0.3 is 0 Å². The highest BCUT2D eigenvalue weighted by Gasteiger charge is 2.22. The summed E-state index contributed by atoms with van der Waals surface area (Å²) in [6.45, 7) is 2.63. The van der Waals surface area contributed by atoms with E-state index in [0.717, 1.165) is 25.3 Å². The zero-order valence-corrected chi connectivity index (χ0v) is 13.8. The molecule has 0 bridgehead atoms. The molecule has 6 heteroatoms. The Morgan fingerprint density at radius 2 is 2.15 bits per heavy atom. The molecule has 0 aromatic heterocycles. The molecule has 1 N–H and O–H groups in total. The molecule has 1 aliphatic rings. The topological polar surface area (TPSA) is 46.2 Å². The second-order valence-corrected chi connectivity index (χ2v) is 8.19. The van der Waals surface area contributed by atoms with Crippen LogP contribution in [-0.4, -0.2) is 15.0 Å². The van der Waals surface area contributed by atoms with Crippen LogP contribution in [0.15, 0.2) is 27.6 Å². The third kappa shape index (κ3) is 4.02. The minimum atomic E-state index is -3.63. The van der Waals surface area contributed by atoms with E-state index in [2.05, 4.69) is 27.6 Å². The van der Waals surface area contributed by atoms with Gasteiger partial charge < -0.3 is 0 Å². The summed E-state index contributed by atoms with van der Waals surface area (Å²) in [6.07, 6.45) is 4.49. The first kappa shape index (κ1) is 15.9.